The molecular formula is C13H20N2O. The zero-order valence-corrected chi connectivity index (χ0v) is 10.4. The molecule has 1 aromatic carbocycles. The summed E-state index contributed by atoms with van der Waals surface area (Å²) in [6, 6.07) is 7.98. The molecule has 0 heterocycles. The number of amides is 1. The molecule has 1 unspecified atom stereocenters. The Bertz CT molecular complexity index is 363. The summed E-state index contributed by atoms with van der Waals surface area (Å²) in [6.45, 7) is 5.90. The maximum Gasteiger partial charge on any atom is 0.237 e. The number of hydrogen-bond acceptors (Lipinski definition) is 2. The smallest absolute Gasteiger partial charge is 0.237 e. The van der Waals surface area contributed by atoms with Gasteiger partial charge in [0.05, 0.1) is 12.1 Å². The van der Waals surface area contributed by atoms with Gasteiger partial charge in [0.25, 0.3) is 0 Å². The fraction of sp³-hybridized carbons (Fsp3) is 0.462. The highest BCUT2D eigenvalue weighted by Crippen LogP contribution is 2.16. The van der Waals surface area contributed by atoms with Crippen LogP contribution in [0.2, 0.25) is 0 Å². The van der Waals surface area contributed by atoms with Crippen molar-refractivity contribution in [2.75, 3.05) is 7.05 Å². The molecule has 2 atom stereocenters. The summed E-state index contributed by atoms with van der Waals surface area (Å²) in [6.07, 6.45) is 0. The molecule has 0 saturated heterocycles. The number of nitrogens with one attached hydrogen (secondary N) is 2. The van der Waals surface area contributed by atoms with Crippen LogP contribution in [-0.4, -0.2) is 19.0 Å². The van der Waals surface area contributed by atoms with E-state index < -0.39 is 0 Å². The van der Waals surface area contributed by atoms with Crippen LogP contribution in [0.5, 0.6) is 0 Å². The molecule has 0 fully saturated rings. The third-order valence-electron chi connectivity index (χ3n) is 2.84. The number of hydrogen-bond donors (Lipinski definition) is 2. The molecule has 0 aliphatic heterocycles. The molecule has 3 heteroatoms. The molecule has 1 aromatic rings. The van der Waals surface area contributed by atoms with Crippen molar-refractivity contribution >= 4 is 5.91 Å². The lowest BCUT2D eigenvalue weighted by Crippen LogP contribution is -2.41. The lowest BCUT2D eigenvalue weighted by atomic mass is 10.0. The van der Waals surface area contributed by atoms with Crippen LogP contribution in [0, 0.1) is 6.92 Å². The van der Waals surface area contributed by atoms with Gasteiger partial charge in [0.2, 0.25) is 5.91 Å². The Kier molecular flexibility index (Phi) is 4.50. The van der Waals surface area contributed by atoms with Gasteiger partial charge in [-0.05, 0) is 38.9 Å². The van der Waals surface area contributed by atoms with Gasteiger partial charge >= 0.3 is 0 Å². The van der Waals surface area contributed by atoms with E-state index >= 15 is 0 Å². The van der Waals surface area contributed by atoms with Gasteiger partial charge in [-0.15, -0.1) is 0 Å². The zero-order valence-electron chi connectivity index (χ0n) is 10.4. The van der Waals surface area contributed by atoms with Gasteiger partial charge in [0.1, 0.15) is 0 Å². The van der Waals surface area contributed by atoms with Gasteiger partial charge in [-0.1, -0.05) is 24.3 Å². The monoisotopic (exact) mass is 220 g/mol. The second-order valence-corrected chi connectivity index (χ2v) is 4.10. The quantitative estimate of drug-likeness (QED) is 0.812. The first-order valence-corrected chi connectivity index (χ1v) is 5.59. The molecular weight excluding hydrogens is 200 g/mol. The van der Waals surface area contributed by atoms with Crippen molar-refractivity contribution in [1.29, 1.82) is 0 Å². The van der Waals surface area contributed by atoms with Crippen molar-refractivity contribution in [2.24, 2.45) is 0 Å². The van der Waals surface area contributed by atoms with E-state index in [9.17, 15) is 4.79 Å². The van der Waals surface area contributed by atoms with Gasteiger partial charge in [-0.2, -0.15) is 0 Å². The van der Waals surface area contributed by atoms with E-state index in [2.05, 4.69) is 23.6 Å². The van der Waals surface area contributed by atoms with E-state index in [1.54, 1.807) is 7.05 Å². The number of carbonyl (C=O) groups is 1. The van der Waals surface area contributed by atoms with Gasteiger partial charge in [-0.3, -0.25) is 4.79 Å². The van der Waals surface area contributed by atoms with Crippen LogP contribution in [-0.2, 0) is 4.79 Å². The molecule has 1 rings (SSSR count). The maximum absolute atomic E-state index is 11.7. The molecule has 3 nitrogen and oxygen atoms in total. The number of carbonyl (C=O) groups excluding carboxylic acids is 1. The predicted octanol–water partition coefficient (Wildman–Crippen LogP) is 1.78. The van der Waals surface area contributed by atoms with Crippen LogP contribution < -0.4 is 10.6 Å². The maximum atomic E-state index is 11.7. The number of aryl methyl sites for hydroxylation is 1. The standard InChI is InChI=1S/C13H20N2O/c1-9-7-5-6-8-12(9)10(2)15-13(16)11(3)14-4/h5-8,10-11,14H,1-4H3,(H,15,16)/t10-,11?/m0/s1. The second-order valence-electron chi connectivity index (χ2n) is 4.10. The Morgan fingerprint density at radius 3 is 2.44 bits per heavy atom. The first kappa shape index (κ1) is 12.7. The van der Waals surface area contributed by atoms with Crippen molar-refractivity contribution < 1.29 is 4.79 Å². The molecule has 0 aliphatic carbocycles. The summed E-state index contributed by atoms with van der Waals surface area (Å²) in [4.78, 5) is 11.7. The van der Waals surface area contributed by atoms with E-state index in [4.69, 9.17) is 0 Å². The normalized spacial score (nSPS) is 14.2. The number of rotatable bonds is 4. The Labute approximate surface area is 97.2 Å². The minimum Gasteiger partial charge on any atom is -0.348 e. The van der Waals surface area contributed by atoms with E-state index in [1.165, 1.54) is 11.1 Å². The zero-order chi connectivity index (χ0) is 12.1. The summed E-state index contributed by atoms with van der Waals surface area (Å²) >= 11 is 0. The molecule has 2 N–H and O–H groups in total. The lowest BCUT2D eigenvalue weighted by molar-refractivity contribution is -0.123. The highest BCUT2D eigenvalue weighted by atomic mass is 16.2. The third kappa shape index (κ3) is 3.07. The molecule has 88 valence electrons. The van der Waals surface area contributed by atoms with Crippen molar-refractivity contribution in [1.82, 2.24) is 10.6 Å². The van der Waals surface area contributed by atoms with Crippen LogP contribution in [0.3, 0.4) is 0 Å². The summed E-state index contributed by atoms with van der Waals surface area (Å²) < 4.78 is 0. The van der Waals surface area contributed by atoms with Crippen LogP contribution >= 0.6 is 0 Å². The Morgan fingerprint density at radius 1 is 1.25 bits per heavy atom. The first-order valence-electron chi connectivity index (χ1n) is 5.59. The molecule has 0 saturated carbocycles. The minimum atomic E-state index is -0.161. The molecule has 0 aromatic heterocycles. The van der Waals surface area contributed by atoms with Gasteiger partial charge < -0.3 is 10.6 Å². The van der Waals surface area contributed by atoms with Crippen molar-refractivity contribution in [3.63, 3.8) is 0 Å². The molecule has 16 heavy (non-hydrogen) atoms. The molecule has 0 radical (unpaired) electrons. The van der Waals surface area contributed by atoms with Gasteiger partial charge in [0, 0.05) is 0 Å². The fourth-order valence-electron chi connectivity index (χ4n) is 1.62. The molecule has 0 aliphatic rings. The van der Waals surface area contributed by atoms with Crippen molar-refractivity contribution in [3.8, 4) is 0 Å². The van der Waals surface area contributed by atoms with Crippen LogP contribution in [0.25, 0.3) is 0 Å². The topological polar surface area (TPSA) is 41.1 Å². The van der Waals surface area contributed by atoms with Crippen LogP contribution in [0.4, 0.5) is 0 Å². The van der Waals surface area contributed by atoms with Crippen molar-refractivity contribution in [2.45, 2.75) is 32.9 Å². The predicted molar refractivity (Wildman–Crippen MR) is 66.3 cm³/mol. The average Bonchev–Trinajstić information content (AvgIpc) is 2.28. The largest absolute Gasteiger partial charge is 0.348 e. The van der Waals surface area contributed by atoms with E-state index in [0.29, 0.717) is 0 Å². The molecule has 0 spiro atoms. The Hall–Kier alpha value is -1.35. The van der Waals surface area contributed by atoms with E-state index in [0.717, 1.165) is 0 Å². The highest BCUT2D eigenvalue weighted by molar-refractivity contribution is 5.81. The SMILES string of the molecule is CNC(C)C(=O)N[C@@H](C)c1ccccc1C. The Morgan fingerprint density at radius 2 is 1.88 bits per heavy atom. The van der Waals surface area contributed by atoms with Gasteiger partial charge in [0.15, 0.2) is 0 Å². The van der Waals surface area contributed by atoms with Crippen molar-refractivity contribution in [3.05, 3.63) is 35.4 Å². The summed E-state index contributed by atoms with van der Waals surface area (Å²) in [5.41, 5.74) is 2.37. The number of benzene rings is 1. The summed E-state index contributed by atoms with van der Waals surface area (Å²) in [5.74, 6) is 0.0262. The minimum absolute atomic E-state index is 0.0262. The molecule has 0 bridgehead atoms. The highest BCUT2D eigenvalue weighted by Gasteiger charge is 2.14. The third-order valence-corrected chi connectivity index (χ3v) is 2.84. The van der Waals surface area contributed by atoms with Crippen LogP contribution in [0.15, 0.2) is 24.3 Å². The van der Waals surface area contributed by atoms with Crippen LogP contribution in [0.1, 0.15) is 31.0 Å². The van der Waals surface area contributed by atoms with E-state index in [-0.39, 0.29) is 18.0 Å². The van der Waals surface area contributed by atoms with Gasteiger partial charge in [-0.25, -0.2) is 0 Å². The summed E-state index contributed by atoms with van der Waals surface area (Å²) in [5, 5.41) is 5.91. The lowest BCUT2D eigenvalue weighted by Gasteiger charge is -2.19. The first-order chi connectivity index (χ1) is 7.56. The Balaban J connectivity index is 2.69. The fourth-order valence-corrected chi connectivity index (χ4v) is 1.62. The number of likely N-dealkylation sites (N-methyl/N-ethyl adjacent to an activating group) is 1. The summed E-state index contributed by atoms with van der Waals surface area (Å²) in [7, 11) is 1.78. The van der Waals surface area contributed by atoms with E-state index in [1.807, 2.05) is 32.0 Å². The molecule has 1 amide bonds. The average molecular weight is 220 g/mol. The second kappa shape index (κ2) is 5.66.